The number of carbonyl (C=O) groups excluding carboxylic acids is 1. The number of hydrogen-bond donors (Lipinski definition) is 0. The van der Waals surface area contributed by atoms with Gasteiger partial charge in [-0.15, -0.1) is 0 Å². The van der Waals surface area contributed by atoms with Crippen LogP contribution in [0.2, 0.25) is 0 Å². The molecule has 0 N–H and O–H groups in total. The normalized spacial score (nSPS) is 24.1. The van der Waals surface area contributed by atoms with Crippen LogP contribution in [0.15, 0.2) is 6.33 Å². The standard InChI is InChI=1S/C15H25N3O/c1-4-12-5-6-14(19)13(7-12)8-15-16-10-17-18(15)9-11(2)3/h10-13H,4-9H2,1-3H3. The van der Waals surface area contributed by atoms with Crippen molar-refractivity contribution >= 4 is 5.78 Å². The van der Waals surface area contributed by atoms with Gasteiger partial charge in [-0.2, -0.15) is 5.10 Å². The highest BCUT2D eigenvalue weighted by Gasteiger charge is 2.29. The quantitative estimate of drug-likeness (QED) is 0.820. The third kappa shape index (κ3) is 3.64. The lowest BCUT2D eigenvalue weighted by Gasteiger charge is -2.27. The first kappa shape index (κ1) is 14.2. The van der Waals surface area contributed by atoms with Gasteiger partial charge in [0.15, 0.2) is 0 Å². The number of Topliss-reactive ketones (excluding diaryl/α,β-unsaturated/α-hetero) is 1. The largest absolute Gasteiger partial charge is 0.299 e. The molecule has 2 rings (SSSR count). The van der Waals surface area contributed by atoms with Crippen molar-refractivity contribution < 1.29 is 4.79 Å². The zero-order valence-electron chi connectivity index (χ0n) is 12.3. The van der Waals surface area contributed by atoms with Crippen LogP contribution in [0.5, 0.6) is 0 Å². The average molecular weight is 263 g/mol. The van der Waals surface area contributed by atoms with Gasteiger partial charge in [-0.1, -0.05) is 27.2 Å². The average Bonchev–Trinajstić information content (AvgIpc) is 2.78. The first-order valence-electron chi connectivity index (χ1n) is 7.49. The SMILES string of the molecule is CCC1CCC(=O)C(Cc2ncnn2CC(C)C)C1. The zero-order chi connectivity index (χ0) is 13.8. The van der Waals surface area contributed by atoms with Crippen LogP contribution in [0.4, 0.5) is 0 Å². The Labute approximate surface area is 115 Å². The minimum Gasteiger partial charge on any atom is -0.299 e. The summed E-state index contributed by atoms with van der Waals surface area (Å²) in [6.07, 6.45) is 6.42. The lowest BCUT2D eigenvalue weighted by molar-refractivity contribution is -0.125. The third-order valence-corrected chi connectivity index (χ3v) is 4.11. The van der Waals surface area contributed by atoms with Crippen molar-refractivity contribution in [2.24, 2.45) is 17.8 Å². The van der Waals surface area contributed by atoms with Gasteiger partial charge in [0.05, 0.1) is 0 Å². The van der Waals surface area contributed by atoms with Crippen molar-refractivity contribution in [2.45, 2.75) is 59.4 Å². The molecule has 0 saturated heterocycles. The maximum Gasteiger partial charge on any atom is 0.138 e. The van der Waals surface area contributed by atoms with Crippen molar-refractivity contribution in [1.82, 2.24) is 14.8 Å². The van der Waals surface area contributed by atoms with Crippen molar-refractivity contribution in [1.29, 1.82) is 0 Å². The van der Waals surface area contributed by atoms with Crippen molar-refractivity contribution in [3.05, 3.63) is 12.2 Å². The summed E-state index contributed by atoms with van der Waals surface area (Å²) in [6.45, 7) is 7.45. The molecule has 0 spiro atoms. The molecular weight excluding hydrogens is 238 g/mol. The van der Waals surface area contributed by atoms with Crippen LogP contribution < -0.4 is 0 Å². The maximum absolute atomic E-state index is 12.1. The first-order chi connectivity index (χ1) is 9.10. The van der Waals surface area contributed by atoms with Crippen molar-refractivity contribution in [2.75, 3.05) is 0 Å². The smallest absolute Gasteiger partial charge is 0.138 e. The van der Waals surface area contributed by atoms with Crippen molar-refractivity contribution in [3.63, 3.8) is 0 Å². The van der Waals surface area contributed by atoms with E-state index >= 15 is 0 Å². The summed E-state index contributed by atoms with van der Waals surface area (Å²) in [6, 6.07) is 0. The summed E-state index contributed by atoms with van der Waals surface area (Å²) >= 11 is 0. The fraction of sp³-hybridized carbons (Fsp3) is 0.800. The molecule has 0 aliphatic heterocycles. The lowest BCUT2D eigenvalue weighted by Crippen LogP contribution is -2.27. The van der Waals surface area contributed by atoms with E-state index in [1.54, 1.807) is 6.33 Å². The Kier molecular flexibility index (Phi) is 4.72. The summed E-state index contributed by atoms with van der Waals surface area (Å²) in [7, 11) is 0. The summed E-state index contributed by atoms with van der Waals surface area (Å²) in [5.41, 5.74) is 0. The highest BCUT2D eigenvalue weighted by molar-refractivity contribution is 5.81. The summed E-state index contributed by atoms with van der Waals surface area (Å²) in [5, 5.41) is 4.28. The van der Waals surface area contributed by atoms with E-state index in [0.29, 0.717) is 17.6 Å². The Morgan fingerprint density at radius 3 is 2.95 bits per heavy atom. The van der Waals surface area contributed by atoms with E-state index in [0.717, 1.165) is 38.1 Å². The monoisotopic (exact) mass is 263 g/mol. The molecule has 106 valence electrons. The molecule has 1 heterocycles. The topological polar surface area (TPSA) is 47.8 Å². The Bertz CT molecular complexity index is 425. The van der Waals surface area contributed by atoms with Crippen LogP contribution in [0, 0.1) is 17.8 Å². The lowest BCUT2D eigenvalue weighted by atomic mass is 9.78. The van der Waals surface area contributed by atoms with Gasteiger partial charge in [-0.25, -0.2) is 9.67 Å². The minimum atomic E-state index is 0.161. The van der Waals surface area contributed by atoms with Crippen LogP contribution in [-0.2, 0) is 17.8 Å². The number of ketones is 1. The van der Waals surface area contributed by atoms with Crippen LogP contribution in [0.3, 0.4) is 0 Å². The van der Waals surface area contributed by atoms with Crippen LogP contribution in [-0.4, -0.2) is 20.5 Å². The van der Waals surface area contributed by atoms with Gasteiger partial charge >= 0.3 is 0 Å². The molecular formula is C15H25N3O. The highest BCUT2D eigenvalue weighted by atomic mass is 16.1. The second-order valence-corrected chi connectivity index (χ2v) is 6.17. The zero-order valence-corrected chi connectivity index (χ0v) is 12.3. The second-order valence-electron chi connectivity index (χ2n) is 6.17. The van der Waals surface area contributed by atoms with E-state index < -0.39 is 0 Å². The molecule has 2 unspecified atom stereocenters. The molecule has 1 fully saturated rings. The maximum atomic E-state index is 12.1. The number of rotatable bonds is 5. The Morgan fingerprint density at radius 2 is 2.26 bits per heavy atom. The predicted octanol–water partition coefficient (Wildman–Crippen LogP) is 2.87. The van der Waals surface area contributed by atoms with E-state index in [1.165, 1.54) is 6.42 Å². The summed E-state index contributed by atoms with van der Waals surface area (Å²) in [5.74, 6) is 2.82. The molecule has 1 aliphatic carbocycles. The number of hydrogen-bond acceptors (Lipinski definition) is 3. The van der Waals surface area contributed by atoms with E-state index in [-0.39, 0.29) is 5.92 Å². The Balaban J connectivity index is 2.03. The van der Waals surface area contributed by atoms with E-state index in [9.17, 15) is 4.79 Å². The van der Waals surface area contributed by atoms with Gasteiger partial charge in [0.2, 0.25) is 0 Å². The molecule has 4 nitrogen and oxygen atoms in total. The summed E-state index contributed by atoms with van der Waals surface area (Å²) in [4.78, 5) is 16.4. The molecule has 0 bridgehead atoms. The van der Waals surface area contributed by atoms with Gasteiger partial charge in [-0.05, 0) is 24.7 Å². The van der Waals surface area contributed by atoms with E-state index in [4.69, 9.17) is 0 Å². The number of nitrogens with zero attached hydrogens (tertiary/aromatic N) is 3. The molecule has 0 aromatic carbocycles. The molecule has 1 saturated carbocycles. The molecule has 1 aromatic rings. The molecule has 19 heavy (non-hydrogen) atoms. The number of aromatic nitrogens is 3. The predicted molar refractivity (Wildman–Crippen MR) is 74.7 cm³/mol. The molecule has 2 atom stereocenters. The van der Waals surface area contributed by atoms with Gasteiger partial charge in [0.1, 0.15) is 17.9 Å². The van der Waals surface area contributed by atoms with E-state index in [1.807, 2.05) is 4.68 Å². The van der Waals surface area contributed by atoms with Gasteiger partial charge in [0, 0.05) is 25.3 Å². The highest BCUT2D eigenvalue weighted by Crippen LogP contribution is 2.30. The molecule has 4 heteroatoms. The van der Waals surface area contributed by atoms with Gasteiger partial charge in [-0.3, -0.25) is 4.79 Å². The van der Waals surface area contributed by atoms with Gasteiger partial charge in [0.25, 0.3) is 0 Å². The van der Waals surface area contributed by atoms with Crippen LogP contribution >= 0.6 is 0 Å². The second kappa shape index (κ2) is 6.31. The Hall–Kier alpha value is -1.19. The van der Waals surface area contributed by atoms with Crippen molar-refractivity contribution in [3.8, 4) is 0 Å². The van der Waals surface area contributed by atoms with Crippen LogP contribution in [0.25, 0.3) is 0 Å². The molecule has 1 aliphatic rings. The fourth-order valence-electron chi connectivity index (χ4n) is 2.94. The van der Waals surface area contributed by atoms with Crippen LogP contribution in [0.1, 0.15) is 52.3 Å². The van der Waals surface area contributed by atoms with Gasteiger partial charge < -0.3 is 0 Å². The first-order valence-corrected chi connectivity index (χ1v) is 7.49. The minimum absolute atomic E-state index is 0.161. The third-order valence-electron chi connectivity index (χ3n) is 4.11. The molecule has 0 radical (unpaired) electrons. The number of carbonyl (C=O) groups is 1. The summed E-state index contributed by atoms with van der Waals surface area (Å²) < 4.78 is 1.97. The molecule has 0 amide bonds. The van der Waals surface area contributed by atoms with E-state index in [2.05, 4.69) is 30.9 Å². The fourth-order valence-corrected chi connectivity index (χ4v) is 2.94. The molecule has 1 aromatic heterocycles. The Morgan fingerprint density at radius 1 is 1.47 bits per heavy atom.